The molecule has 3 heterocycles. The highest BCUT2D eigenvalue weighted by Crippen LogP contribution is 2.30. The first-order valence-electron chi connectivity index (χ1n) is 11.1. The van der Waals surface area contributed by atoms with Gasteiger partial charge in [-0.15, -0.1) is 5.10 Å². The molecule has 0 unspecified atom stereocenters. The standard InChI is InChI=1S/C25H24N6O4/c1-5-33-21-9-7-6-8-19(21)23-27-25(35-29-23)22-15(2)31(30-28-22)14-20-16(3)34-24(26-20)17-10-12-18(32-4)13-11-17/h6-13H,5,14H2,1-4H3. The topological polar surface area (TPSA) is 114 Å². The predicted octanol–water partition coefficient (Wildman–Crippen LogP) is 4.72. The van der Waals surface area contributed by atoms with Crippen LogP contribution in [0.5, 0.6) is 11.5 Å². The maximum atomic E-state index is 5.89. The molecule has 2 aromatic carbocycles. The molecule has 0 N–H and O–H groups in total. The Balaban J connectivity index is 1.38. The highest BCUT2D eigenvalue weighted by Gasteiger charge is 2.21. The number of benzene rings is 2. The summed E-state index contributed by atoms with van der Waals surface area (Å²) >= 11 is 0. The molecule has 5 rings (SSSR count). The van der Waals surface area contributed by atoms with Gasteiger partial charge in [-0.1, -0.05) is 22.5 Å². The Morgan fingerprint density at radius 3 is 2.54 bits per heavy atom. The van der Waals surface area contributed by atoms with Gasteiger partial charge in [0.2, 0.25) is 11.7 Å². The van der Waals surface area contributed by atoms with Crippen molar-refractivity contribution in [3.63, 3.8) is 0 Å². The summed E-state index contributed by atoms with van der Waals surface area (Å²) < 4.78 is 24.0. The number of rotatable bonds is 8. The largest absolute Gasteiger partial charge is 0.497 e. The number of aryl methyl sites for hydroxylation is 1. The highest BCUT2D eigenvalue weighted by molar-refractivity contribution is 5.65. The summed E-state index contributed by atoms with van der Waals surface area (Å²) in [5.74, 6) is 3.42. The highest BCUT2D eigenvalue weighted by atomic mass is 16.5. The third kappa shape index (κ3) is 4.37. The van der Waals surface area contributed by atoms with E-state index in [0.717, 1.165) is 28.3 Å². The van der Waals surface area contributed by atoms with Gasteiger partial charge in [0.05, 0.1) is 31.5 Å². The molecule has 0 saturated heterocycles. The number of hydrogen-bond donors (Lipinski definition) is 0. The van der Waals surface area contributed by atoms with Gasteiger partial charge in [0.1, 0.15) is 23.0 Å². The van der Waals surface area contributed by atoms with Gasteiger partial charge in [0.25, 0.3) is 5.89 Å². The fourth-order valence-electron chi connectivity index (χ4n) is 3.64. The van der Waals surface area contributed by atoms with Gasteiger partial charge in [-0.2, -0.15) is 4.98 Å². The fraction of sp³-hybridized carbons (Fsp3) is 0.240. The lowest BCUT2D eigenvalue weighted by molar-refractivity contribution is 0.341. The number of ether oxygens (including phenoxy) is 2. The van der Waals surface area contributed by atoms with Crippen LogP contribution < -0.4 is 9.47 Å². The van der Waals surface area contributed by atoms with Crippen LogP contribution in [0.25, 0.3) is 34.4 Å². The smallest absolute Gasteiger partial charge is 0.280 e. The summed E-state index contributed by atoms with van der Waals surface area (Å²) in [4.78, 5) is 9.20. The normalized spacial score (nSPS) is 11.1. The van der Waals surface area contributed by atoms with Gasteiger partial charge in [0.15, 0.2) is 5.69 Å². The van der Waals surface area contributed by atoms with Gasteiger partial charge in [0, 0.05) is 5.56 Å². The summed E-state index contributed by atoms with van der Waals surface area (Å²) in [5.41, 5.74) is 3.65. The fourth-order valence-corrected chi connectivity index (χ4v) is 3.64. The van der Waals surface area contributed by atoms with Crippen molar-refractivity contribution in [2.75, 3.05) is 13.7 Å². The van der Waals surface area contributed by atoms with E-state index < -0.39 is 0 Å². The maximum Gasteiger partial charge on any atom is 0.280 e. The van der Waals surface area contributed by atoms with Gasteiger partial charge >= 0.3 is 0 Å². The van der Waals surface area contributed by atoms with Crippen molar-refractivity contribution in [1.82, 2.24) is 30.1 Å². The Morgan fingerprint density at radius 1 is 0.971 bits per heavy atom. The van der Waals surface area contributed by atoms with E-state index in [1.54, 1.807) is 11.8 Å². The number of hydrogen-bond acceptors (Lipinski definition) is 9. The van der Waals surface area contributed by atoms with E-state index in [1.165, 1.54) is 0 Å². The lowest BCUT2D eigenvalue weighted by atomic mass is 10.2. The lowest BCUT2D eigenvalue weighted by Crippen LogP contribution is -2.05. The minimum absolute atomic E-state index is 0.283. The molecule has 0 amide bonds. The van der Waals surface area contributed by atoms with Gasteiger partial charge in [-0.25, -0.2) is 9.67 Å². The SMILES string of the molecule is CCOc1ccccc1-c1noc(-c2nnn(Cc3nc(-c4ccc(OC)cc4)oc3C)c2C)n1. The molecule has 178 valence electrons. The first-order valence-corrected chi connectivity index (χ1v) is 11.1. The molecule has 10 nitrogen and oxygen atoms in total. The average Bonchev–Trinajstić information content (AvgIpc) is 3.60. The van der Waals surface area contributed by atoms with Gasteiger partial charge in [-0.3, -0.25) is 0 Å². The van der Waals surface area contributed by atoms with Crippen LogP contribution in [0.3, 0.4) is 0 Å². The molecule has 0 fully saturated rings. The molecule has 3 aromatic heterocycles. The molecule has 0 bridgehead atoms. The van der Waals surface area contributed by atoms with Gasteiger partial charge < -0.3 is 18.4 Å². The van der Waals surface area contributed by atoms with Crippen LogP contribution in [0.1, 0.15) is 24.1 Å². The number of para-hydroxylation sites is 1. The van der Waals surface area contributed by atoms with Crippen molar-refractivity contribution in [3.05, 3.63) is 65.7 Å². The first-order chi connectivity index (χ1) is 17.1. The van der Waals surface area contributed by atoms with Crippen LogP contribution in [-0.2, 0) is 6.54 Å². The van der Waals surface area contributed by atoms with Crippen molar-refractivity contribution in [3.8, 4) is 45.9 Å². The van der Waals surface area contributed by atoms with Crippen LogP contribution >= 0.6 is 0 Å². The van der Waals surface area contributed by atoms with E-state index in [4.69, 9.17) is 18.4 Å². The number of oxazole rings is 1. The zero-order valence-corrected chi connectivity index (χ0v) is 19.8. The molecule has 0 atom stereocenters. The summed E-state index contributed by atoms with van der Waals surface area (Å²) in [6.07, 6.45) is 0. The van der Waals surface area contributed by atoms with E-state index in [2.05, 4.69) is 25.4 Å². The Kier molecular flexibility index (Phi) is 6.01. The number of methoxy groups -OCH3 is 1. The minimum Gasteiger partial charge on any atom is -0.497 e. The summed E-state index contributed by atoms with van der Waals surface area (Å²) in [6, 6.07) is 15.1. The second-order valence-corrected chi connectivity index (χ2v) is 7.78. The van der Waals surface area contributed by atoms with E-state index in [9.17, 15) is 0 Å². The van der Waals surface area contributed by atoms with Crippen LogP contribution in [-0.4, -0.2) is 43.8 Å². The van der Waals surface area contributed by atoms with Gasteiger partial charge in [-0.05, 0) is 57.2 Å². The lowest BCUT2D eigenvalue weighted by Gasteiger charge is -2.05. The van der Waals surface area contributed by atoms with Crippen LogP contribution in [0.15, 0.2) is 57.5 Å². The third-order valence-electron chi connectivity index (χ3n) is 5.57. The molecule has 0 aliphatic carbocycles. The van der Waals surface area contributed by atoms with E-state index >= 15 is 0 Å². The van der Waals surface area contributed by atoms with E-state index in [1.807, 2.05) is 69.3 Å². The average molecular weight is 473 g/mol. The molecule has 0 radical (unpaired) electrons. The quantitative estimate of drug-likeness (QED) is 0.316. The molecule has 0 spiro atoms. The Morgan fingerprint density at radius 2 is 1.77 bits per heavy atom. The van der Waals surface area contributed by atoms with Crippen LogP contribution in [0.2, 0.25) is 0 Å². The predicted molar refractivity (Wildman–Crippen MR) is 127 cm³/mol. The van der Waals surface area contributed by atoms with Crippen LogP contribution in [0, 0.1) is 13.8 Å². The van der Waals surface area contributed by atoms with Crippen molar-refractivity contribution in [2.24, 2.45) is 0 Å². The van der Waals surface area contributed by atoms with Crippen molar-refractivity contribution >= 4 is 0 Å². The summed E-state index contributed by atoms with van der Waals surface area (Å²) in [5, 5.41) is 12.7. The Hall–Kier alpha value is -4.47. The number of nitrogens with zero attached hydrogens (tertiary/aromatic N) is 6. The molecule has 10 heteroatoms. The van der Waals surface area contributed by atoms with Crippen molar-refractivity contribution < 1.29 is 18.4 Å². The third-order valence-corrected chi connectivity index (χ3v) is 5.57. The second kappa shape index (κ2) is 9.41. The van der Waals surface area contributed by atoms with Crippen molar-refractivity contribution in [1.29, 1.82) is 0 Å². The zero-order valence-electron chi connectivity index (χ0n) is 19.8. The first kappa shape index (κ1) is 22.3. The molecular formula is C25H24N6O4. The molecule has 0 saturated carbocycles. The molecular weight excluding hydrogens is 448 g/mol. The Labute approximate surface area is 201 Å². The molecule has 5 aromatic rings. The van der Waals surface area contributed by atoms with Crippen molar-refractivity contribution in [2.45, 2.75) is 27.3 Å². The molecule has 0 aliphatic heterocycles. The minimum atomic E-state index is 0.283. The molecule has 0 aliphatic rings. The van der Waals surface area contributed by atoms with E-state index in [0.29, 0.717) is 42.1 Å². The monoisotopic (exact) mass is 472 g/mol. The summed E-state index contributed by atoms with van der Waals surface area (Å²) in [7, 11) is 1.63. The second-order valence-electron chi connectivity index (χ2n) is 7.78. The summed E-state index contributed by atoms with van der Waals surface area (Å²) in [6.45, 7) is 6.63. The maximum absolute atomic E-state index is 5.89. The zero-order chi connectivity index (χ0) is 24.4. The van der Waals surface area contributed by atoms with Crippen LogP contribution in [0.4, 0.5) is 0 Å². The molecule has 35 heavy (non-hydrogen) atoms. The van der Waals surface area contributed by atoms with E-state index in [-0.39, 0.29) is 5.89 Å². The number of aromatic nitrogens is 6. The Bertz CT molecular complexity index is 1450.